The number of thioether (sulfide) groups is 2. The second-order valence-electron chi connectivity index (χ2n) is 14.2. The fraction of sp³-hybridized carbons (Fsp3) is 0.632. The molecule has 4 fully saturated rings. The normalized spacial score (nSPS) is 24.6. The quantitative estimate of drug-likeness (QED) is 0.206. The van der Waals surface area contributed by atoms with Crippen LogP contribution in [0.2, 0.25) is 0 Å². The summed E-state index contributed by atoms with van der Waals surface area (Å²) in [6.07, 6.45) is 7.92. The molecule has 2 saturated heterocycles. The number of carbonyl (C=O) groups is 2. The van der Waals surface area contributed by atoms with Gasteiger partial charge in [-0.15, -0.1) is 23.5 Å². The molecule has 6 nitrogen and oxygen atoms in total. The molecule has 0 bridgehead atoms. The van der Waals surface area contributed by atoms with Gasteiger partial charge in [0, 0.05) is 34.0 Å². The zero-order valence-electron chi connectivity index (χ0n) is 29.9. The van der Waals surface area contributed by atoms with Crippen molar-refractivity contribution in [1.82, 2.24) is 20.4 Å². The van der Waals surface area contributed by atoms with Gasteiger partial charge in [-0.2, -0.15) is 26.3 Å². The molecule has 14 heteroatoms. The lowest BCUT2D eigenvalue weighted by atomic mass is 9.89. The molecule has 0 radical (unpaired) electrons. The van der Waals surface area contributed by atoms with Crippen LogP contribution in [0.5, 0.6) is 0 Å². The van der Waals surface area contributed by atoms with Gasteiger partial charge in [-0.1, -0.05) is 25.7 Å². The number of nitrogens with zero attached hydrogens (tertiary/aromatic N) is 2. The molecule has 2 aliphatic heterocycles. The molecule has 0 aromatic heterocycles. The Kier molecular flexibility index (Phi) is 14.3. The van der Waals surface area contributed by atoms with Crippen molar-refractivity contribution in [3.63, 3.8) is 0 Å². The van der Waals surface area contributed by atoms with Crippen LogP contribution in [-0.2, 0) is 12.4 Å². The summed E-state index contributed by atoms with van der Waals surface area (Å²) < 4.78 is 77.5. The van der Waals surface area contributed by atoms with E-state index in [1.165, 1.54) is 74.2 Å². The Hall–Kier alpha value is -2.42. The topological polar surface area (TPSA) is 64.7 Å². The van der Waals surface area contributed by atoms with Gasteiger partial charge in [0.05, 0.1) is 22.3 Å². The molecule has 2 amide bonds. The maximum Gasteiger partial charge on any atom is 0.416 e. The predicted molar refractivity (Wildman–Crippen MR) is 195 cm³/mol. The zero-order valence-corrected chi connectivity index (χ0v) is 31.5. The van der Waals surface area contributed by atoms with Crippen LogP contribution < -0.4 is 10.6 Å². The average Bonchev–Trinajstić information content (AvgIpc) is 3.87. The highest BCUT2D eigenvalue weighted by Crippen LogP contribution is 2.35. The van der Waals surface area contributed by atoms with Gasteiger partial charge in [0.25, 0.3) is 11.8 Å². The lowest BCUT2D eigenvalue weighted by Crippen LogP contribution is -2.52. The summed E-state index contributed by atoms with van der Waals surface area (Å²) >= 11 is 2.34. The smallest absolute Gasteiger partial charge is 0.348 e. The van der Waals surface area contributed by atoms with Gasteiger partial charge in [-0.3, -0.25) is 19.4 Å². The van der Waals surface area contributed by atoms with Crippen molar-refractivity contribution in [1.29, 1.82) is 0 Å². The Balaban J connectivity index is 0.000000201. The summed E-state index contributed by atoms with van der Waals surface area (Å²) in [6.45, 7) is 4.31. The first kappa shape index (κ1) is 40.8. The van der Waals surface area contributed by atoms with Crippen molar-refractivity contribution in [2.24, 2.45) is 0 Å². The van der Waals surface area contributed by atoms with E-state index in [9.17, 15) is 35.9 Å². The van der Waals surface area contributed by atoms with Gasteiger partial charge in [-0.05, 0) is 126 Å². The number of carbonyl (C=O) groups excluding carboxylic acids is 2. The molecule has 4 aliphatic rings. The number of amides is 2. The summed E-state index contributed by atoms with van der Waals surface area (Å²) in [4.78, 5) is 31.2. The van der Waals surface area contributed by atoms with E-state index < -0.39 is 23.5 Å². The molecule has 2 heterocycles. The highest BCUT2D eigenvalue weighted by Gasteiger charge is 2.36. The van der Waals surface area contributed by atoms with Crippen LogP contribution in [0.3, 0.4) is 0 Å². The highest BCUT2D eigenvalue weighted by molar-refractivity contribution is 7.99. The standard InChI is InChI=1S/2C19H25F3N2OS/c2*1-26-17-12-13(19(20,21)22)8-9-14(17)18(25)23-15-6-2-3-7-16(15)24-10-4-5-11-24/h2*8-9,12,15-16H,2-7,10-11H2,1H3,(H,23,25)/t15-,16+;15-,16-/m10/s1. The number of alkyl halides is 6. The van der Waals surface area contributed by atoms with Crippen molar-refractivity contribution >= 4 is 35.3 Å². The number of halogens is 6. The molecule has 0 spiro atoms. The molecule has 4 atom stereocenters. The molecule has 52 heavy (non-hydrogen) atoms. The molecule has 2 aliphatic carbocycles. The van der Waals surface area contributed by atoms with Crippen LogP contribution in [0, 0.1) is 0 Å². The third kappa shape index (κ3) is 10.4. The number of nitrogens with one attached hydrogen (secondary N) is 2. The summed E-state index contributed by atoms with van der Waals surface area (Å²) in [5.74, 6) is -0.529. The molecule has 6 rings (SSSR count). The van der Waals surface area contributed by atoms with E-state index in [0.29, 0.717) is 33.0 Å². The molecule has 2 aromatic carbocycles. The Morgan fingerprint density at radius 3 is 1.25 bits per heavy atom. The van der Waals surface area contributed by atoms with Gasteiger partial charge in [0.2, 0.25) is 0 Å². The first-order chi connectivity index (χ1) is 24.8. The minimum atomic E-state index is -4.40. The van der Waals surface area contributed by atoms with Crippen molar-refractivity contribution in [3.8, 4) is 0 Å². The van der Waals surface area contributed by atoms with Crippen LogP contribution in [0.1, 0.15) is 109 Å². The van der Waals surface area contributed by atoms with E-state index in [4.69, 9.17) is 0 Å². The molecular weight excluding hydrogens is 723 g/mol. The lowest BCUT2D eigenvalue weighted by Gasteiger charge is -2.38. The van der Waals surface area contributed by atoms with Crippen LogP contribution in [0.15, 0.2) is 46.2 Å². The van der Waals surface area contributed by atoms with Crippen LogP contribution in [0.25, 0.3) is 0 Å². The maximum atomic E-state index is 12.9. The predicted octanol–water partition coefficient (Wildman–Crippen LogP) is 9.13. The van der Waals surface area contributed by atoms with Crippen molar-refractivity contribution in [2.75, 3.05) is 38.7 Å². The molecular formula is C38H50F6N4O2S2. The number of hydrogen-bond acceptors (Lipinski definition) is 6. The molecule has 2 saturated carbocycles. The van der Waals surface area contributed by atoms with Gasteiger partial charge >= 0.3 is 12.4 Å². The van der Waals surface area contributed by atoms with Crippen LogP contribution in [-0.4, -0.2) is 84.5 Å². The van der Waals surface area contributed by atoms with Crippen molar-refractivity contribution in [3.05, 3.63) is 58.7 Å². The van der Waals surface area contributed by atoms with Crippen molar-refractivity contribution in [2.45, 2.75) is 123 Å². The van der Waals surface area contributed by atoms with Gasteiger partial charge < -0.3 is 10.6 Å². The third-order valence-corrected chi connectivity index (χ3v) is 12.4. The van der Waals surface area contributed by atoms with Crippen molar-refractivity contribution < 1.29 is 35.9 Å². The monoisotopic (exact) mass is 772 g/mol. The Morgan fingerprint density at radius 2 is 0.923 bits per heavy atom. The fourth-order valence-corrected chi connectivity index (χ4v) is 9.43. The number of benzene rings is 2. The second-order valence-corrected chi connectivity index (χ2v) is 15.9. The summed E-state index contributed by atoms with van der Waals surface area (Å²) in [7, 11) is 0. The third-order valence-electron chi connectivity index (χ3n) is 10.9. The Morgan fingerprint density at radius 1 is 0.577 bits per heavy atom. The summed E-state index contributed by atoms with van der Waals surface area (Å²) in [5, 5.41) is 6.24. The van der Waals surface area contributed by atoms with E-state index in [0.717, 1.165) is 89.0 Å². The van der Waals surface area contributed by atoms with Gasteiger partial charge in [-0.25, -0.2) is 0 Å². The molecule has 0 unspecified atom stereocenters. The van der Waals surface area contributed by atoms with Crippen LogP contribution >= 0.6 is 23.5 Å². The fourth-order valence-electron chi connectivity index (χ4n) is 8.18. The SMILES string of the molecule is CSc1cc(C(F)(F)F)ccc1C(=O)N[C@@H]1CCCC[C@@H]1N1CCCC1.CSc1cc(C(F)(F)F)ccc1C(=O)N[C@H]1CCCC[C@@H]1N1CCCC1. The minimum Gasteiger partial charge on any atom is -0.348 e. The number of likely N-dealkylation sites (tertiary alicyclic amines) is 2. The highest BCUT2D eigenvalue weighted by atomic mass is 32.2. The molecule has 288 valence electrons. The maximum absolute atomic E-state index is 12.9. The van der Waals surface area contributed by atoms with E-state index in [2.05, 4.69) is 20.4 Å². The van der Waals surface area contributed by atoms with E-state index >= 15 is 0 Å². The Labute approximate surface area is 311 Å². The number of hydrogen-bond donors (Lipinski definition) is 2. The largest absolute Gasteiger partial charge is 0.416 e. The lowest BCUT2D eigenvalue weighted by molar-refractivity contribution is -0.138. The van der Waals surface area contributed by atoms with Crippen LogP contribution in [0.4, 0.5) is 26.3 Å². The van der Waals surface area contributed by atoms with Gasteiger partial charge in [0.15, 0.2) is 0 Å². The summed E-state index contributed by atoms with van der Waals surface area (Å²) in [5.41, 5.74) is -0.774. The zero-order chi connectivity index (χ0) is 37.5. The number of rotatable bonds is 8. The summed E-state index contributed by atoms with van der Waals surface area (Å²) in [6, 6.07) is 7.58. The van der Waals surface area contributed by atoms with E-state index in [-0.39, 0.29) is 23.9 Å². The van der Waals surface area contributed by atoms with E-state index in [1.54, 1.807) is 12.5 Å². The minimum absolute atomic E-state index is 0.0753. The first-order valence-corrected chi connectivity index (χ1v) is 20.9. The average molecular weight is 773 g/mol. The molecule has 2 N–H and O–H groups in total. The Bertz CT molecular complexity index is 1400. The van der Waals surface area contributed by atoms with E-state index in [1.807, 2.05) is 0 Å². The molecule has 2 aromatic rings. The first-order valence-electron chi connectivity index (χ1n) is 18.4. The second kappa shape index (κ2) is 18.3. The van der Waals surface area contributed by atoms with Gasteiger partial charge in [0.1, 0.15) is 0 Å².